The molecule has 1 heterocycles. The maximum atomic E-state index is 13.2. The third-order valence-corrected chi connectivity index (χ3v) is 3.44. The normalized spacial score (nSPS) is 11.8. The third kappa shape index (κ3) is 2.83. The Balaban J connectivity index is 2.19. The van der Waals surface area contributed by atoms with Crippen molar-refractivity contribution in [1.82, 2.24) is 0 Å². The van der Waals surface area contributed by atoms with E-state index in [9.17, 15) is 4.39 Å². The molecule has 86 valence electrons. The van der Waals surface area contributed by atoms with Gasteiger partial charge in [-0.15, -0.1) is 11.3 Å². The first-order valence-electron chi connectivity index (χ1n) is 5.19. The maximum absolute atomic E-state index is 13.2. The van der Waals surface area contributed by atoms with Crippen LogP contribution in [-0.4, -0.2) is 0 Å². The fourth-order valence-electron chi connectivity index (χ4n) is 1.60. The van der Waals surface area contributed by atoms with Crippen molar-refractivity contribution in [3.8, 4) is 6.07 Å². The SMILES string of the molecule is CC(Nc1cc(F)cc(C#N)c1)c1cccs1. The molecular weight excluding hydrogens is 235 g/mol. The number of benzene rings is 1. The molecule has 2 nitrogen and oxygen atoms in total. The number of hydrogen-bond donors (Lipinski definition) is 1. The van der Waals surface area contributed by atoms with E-state index in [-0.39, 0.29) is 6.04 Å². The lowest BCUT2D eigenvalue weighted by Crippen LogP contribution is -2.05. The van der Waals surface area contributed by atoms with Gasteiger partial charge in [0.15, 0.2) is 0 Å². The van der Waals surface area contributed by atoms with E-state index in [0.717, 1.165) is 0 Å². The molecule has 2 rings (SSSR count). The number of nitriles is 1. The quantitative estimate of drug-likeness (QED) is 0.890. The smallest absolute Gasteiger partial charge is 0.126 e. The van der Waals surface area contributed by atoms with Gasteiger partial charge in [-0.25, -0.2) is 4.39 Å². The molecule has 0 saturated carbocycles. The lowest BCUT2D eigenvalue weighted by Gasteiger charge is -2.13. The van der Waals surface area contributed by atoms with Crippen molar-refractivity contribution in [3.05, 3.63) is 52.0 Å². The van der Waals surface area contributed by atoms with Crippen LogP contribution < -0.4 is 5.32 Å². The van der Waals surface area contributed by atoms with E-state index >= 15 is 0 Å². The van der Waals surface area contributed by atoms with E-state index in [4.69, 9.17) is 5.26 Å². The van der Waals surface area contributed by atoms with Crippen LogP contribution in [0.1, 0.15) is 23.4 Å². The summed E-state index contributed by atoms with van der Waals surface area (Å²) in [4.78, 5) is 1.17. The molecule has 0 fully saturated rings. The highest BCUT2D eigenvalue weighted by Crippen LogP contribution is 2.24. The predicted molar refractivity (Wildman–Crippen MR) is 67.5 cm³/mol. The molecule has 1 aromatic heterocycles. The van der Waals surface area contributed by atoms with Crippen LogP contribution in [0.25, 0.3) is 0 Å². The van der Waals surface area contributed by atoms with Gasteiger partial charge in [0, 0.05) is 10.6 Å². The van der Waals surface area contributed by atoms with Gasteiger partial charge in [-0.05, 0) is 36.6 Å². The van der Waals surface area contributed by atoms with Crippen molar-refractivity contribution in [2.45, 2.75) is 13.0 Å². The van der Waals surface area contributed by atoms with Gasteiger partial charge >= 0.3 is 0 Å². The molecular formula is C13H11FN2S. The van der Waals surface area contributed by atoms with Gasteiger partial charge in [-0.3, -0.25) is 0 Å². The van der Waals surface area contributed by atoms with Crippen molar-refractivity contribution in [2.75, 3.05) is 5.32 Å². The van der Waals surface area contributed by atoms with Crippen molar-refractivity contribution < 1.29 is 4.39 Å². The highest BCUT2D eigenvalue weighted by molar-refractivity contribution is 7.10. The second-order valence-electron chi connectivity index (χ2n) is 3.72. The predicted octanol–water partition coefficient (Wildman–Crippen LogP) is 3.93. The fourth-order valence-corrected chi connectivity index (χ4v) is 2.33. The van der Waals surface area contributed by atoms with Gasteiger partial charge in [0.05, 0.1) is 17.7 Å². The number of nitrogens with one attached hydrogen (secondary N) is 1. The summed E-state index contributed by atoms with van der Waals surface area (Å²) < 4.78 is 13.2. The molecule has 0 spiro atoms. The minimum absolute atomic E-state index is 0.100. The van der Waals surface area contributed by atoms with E-state index in [2.05, 4.69) is 5.32 Å². The zero-order valence-electron chi connectivity index (χ0n) is 9.27. The lowest BCUT2D eigenvalue weighted by molar-refractivity contribution is 0.627. The Bertz CT molecular complexity index is 543. The van der Waals surface area contributed by atoms with Gasteiger partial charge in [0.2, 0.25) is 0 Å². The van der Waals surface area contributed by atoms with Crippen LogP contribution in [0.2, 0.25) is 0 Å². The summed E-state index contributed by atoms with van der Waals surface area (Å²) in [6.45, 7) is 2.00. The Morgan fingerprint density at radius 1 is 1.41 bits per heavy atom. The topological polar surface area (TPSA) is 35.8 Å². The number of nitrogens with zero attached hydrogens (tertiary/aromatic N) is 1. The number of rotatable bonds is 3. The van der Waals surface area contributed by atoms with Crippen molar-refractivity contribution >= 4 is 17.0 Å². The summed E-state index contributed by atoms with van der Waals surface area (Å²) in [7, 11) is 0. The molecule has 0 aliphatic rings. The molecule has 0 radical (unpaired) electrons. The summed E-state index contributed by atoms with van der Waals surface area (Å²) in [5, 5.41) is 13.9. The van der Waals surface area contributed by atoms with Crippen molar-refractivity contribution in [1.29, 1.82) is 5.26 Å². The second kappa shape index (κ2) is 4.98. The van der Waals surface area contributed by atoms with Crippen LogP contribution in [0.5, 0.6) is 0 Å². The molecule has 1 atom stereocenters. The van der Waals surface area contributed by atoms with Crippen molar-refractivity contribution in [3.63, 3.8) is 0 Å². The summed E-state index contributed by atoms with van der Waals surface area (Å²) in [6.07, 6.45) is 0. The molecule has 1 N–H and O–H groups in total. The summed E-state index contributed by atoms with van der Waals surface area (Å²) >= 11 is 1.64. The Hall–Kier alpha value is -1.86. The monoisotopic (exact) mass is 246 g/mol. The molecule has 2 aromatic rings. The van der Waals surface area contributed by atoms with E-state index in [1.807, 2.05) is 30.5 Å². The van der Waals surface area contributed by atoms with Crippen LogP contribution in [0.4, 0.5) is 10.1 Å². The van der Waals surface area contributed by atoms with Crippen molar-refractivity contribution in [2.24, 2.45) is 0 Å². The van der Waals surface area contributed by atoms with Gasteiger partial charge in [-0.2, -0.15) is 5.26 Å². The molecule has 17 heavy (non-hydrogen) atoms. The molecule has 4 heteroatoms. The average Bonchev–Trinajstić information content (AvgIpc) is 2.81. The lowest BCUT2D eigenvalue weighted by atomic mass is 10.2. The summed E-state index contributed by atoms with van der Waals surface area (Å²) in [6, 6.07) is 10.3. The van der Waals surface area contributed by atoms with E-state index in [1.165, 1.54) is 17.0 Å². The molecule has 0 bridgehead atoms. The third-order valence-electron chi connectivity index (χ3n) is 2.38. The standard InChI is InChI=1S/C13H11FN2S/c1-9(13-3-2-4-17-13)16-12-6-10(8-15)5-11(14)7-12/h2-7,9,16H,1H3. The van der Waals surface area contributed by atoms with E-state index in [0.29, 0.717) is 11.3 Å². The number of thiophene rings is 1. The minimum Gasteiger partial charge on any atom is -0.378 e. The fraction of sp³-hybridized carbons (Fsp3) is 0.154. The summed E-state index contributed by atoms with van der Waals surface area (Å²) in [5.74, 6) is -0.398. The minimum atomic E-state index is -0.398. The highest BCUT2D eigenvalue weighted by atomic mass is 32.1. The van der Waals surface area contributed by atoms with E-state index < -0.39 is 5.82 Å². The molecule has 0 amide bonds. The molecule has 1 unspecified atom stereocenters. The number of hydrogen-bond acceptors (Lipinski definition) is 3. The summed E-state index contributed by atoms with van der Waals surface area (Å²) in [5.41, 5.74) is 0.952. The van der Waals surface area contributed by atoms with Crippen LogP contribution in [0.3, 0.4) is 0 Å². The van der Waals surface area contributed by atoms with Gasteiger partial charge in [0.1, 0.15) is 5.82 Å². The van der Waals surface area contributed by atoms with E-state index in [1.54, 1.807) is 17.4 Å². The zero-order chi connectivity index (χ0) is 12.3. The van der Waals surface area contributed by atoms with Gasteiger partial charge < -0.3 is 5.32 Å². The number of halogens is 1. The van der Waals surface area contributed by atoms with Crippen LogP contribution in [0, 0.1) is 17.1 Å². The number of anilines is 1. The Kier molecular flexibility index (Phi) is 3.40. The Morgan fingerprint density at radius 3 is 2.88 bits per heavy atom. The maximum Gasteiger partial charge on any atom is 0.126 e. The first kappa shape index (κ1) is 11.6. The molecule has 1 aromatic carbocycles. The Labute approximate surface area is 103 Å². The second-order valence-corrected chi connectivity index (χ2v) is 4.70. The molecule has 0 aliphatic carbocycles. The van der Waals surface area contributed by atoms with Crippen LogP contribution in [0.15, 0.2) is 35.7 Å². The molecule has 0 aliphatic heterocycles. The largest absolute Gasteiger partial charge is 0.378 e. The first-order chi connectivity index (χ1) is 8.19. The van der Waals surface area contributed by atoms with Gasteiger partial charge in [-0.1, -0.05) is 6.07 Å². The molecule has 0 saturated heterocycles. The first-order valence-corrected chi connectivity index (χ1v) is 6.07. The van der Waals surface area contributed by atoms with Crippen LogP contribution >= 0.6 is 11.3 Å². The van der Waals surface area contributed by atoms with Gasteiger partial charge in [0.25, 0.3) is 0 Å². The van der Waals surface area contributed by atoms with Crippen LogP contribution in [-0.2, 0) is 0 Å². The highest BCUT2D eigenvalue weighted by Gasteiger charge is 2.07. The average molecular weight is 246 g/mol. The zero-order valence-corrected chi connectivity index (χ0v) is 10.1. The Morgan fingerprint density at radius 2 is 2.24 bits per heavy atom.